The number of hydrogen-bond donors (Lipinski definition) is 2. The number of rotatable bonds is 9. The highest BCUT2D eigenvalue weighted by molar-refractivity contribution is 7.07. The van der Waals surface area contributed by atoms with Crippen molar-refractivity contribution < 1.29 is 19.2 Å². The maximum atomic E-state index is 12.4. The molecule has 7 heteroatoms. The summed E-state index contributed by atoms with van der Waals surface area (Å²) in [5.74, 6) is 0.661. The number of anilines is 1. The lowest BCUT2D eigenvalue weighted by Gasteiger charge is -2.21. The van der Waals surface area contributed by atoms with Crippen molar-refractivity contribution in [3.05, 3.63) is 46.7 Å². The minimum Gasteiger partial charge on any atom is -0.497 e. The molecule has 26 heavy (non-hydrogen) atoms. The van der Waals surface area contributed by atoms with E-state index in [1.807, 2.05) is 23.8 Å². The van der Waals surface area contributed by atoms with Gasteiger partial charge in [0.15, 0.2) is 13.1 Å². The second-order valence-corrected chi connectivity index (χ2v) is 6.90. The first-order valence-corrected chi connectivity index (χ1v) is 9.48. The van der Waals surface area contributed by atoms with E-state index in [4.69, 9.17) is 4.74 Å². The number of likely N-dealkylation sites (N-methyl/N-ethyl adjacent to an activating group) is 2. The van der Waals surface area contributed by atoms with Crippen molar-refractivity contribution in [1.82, 2.24) is 4.90 Å². The minimum absolute atomic E-state index is 0.0327. The largest absolute Gasteiger partial charge is 0.497 e. The molecule has 0 aliphatic heterocycles. The molecule has 2 aromatic rings. The molecule has 1 aromatic carbocycles. The van der Waals surface area contributed by atoms with Crippen LogP contribution < -0.4 is 15.0 Å². The minimum atomic E-state index is -0.111. The van der Waals surface area contributed by atoms with Crippen molar-refractivity contribution in [3.8, 4) is 5.75 Å². The Morgan fingerprint density at radius 1 is 1.19 bits per heavy atom. The van der Waals surface area contributed by atoms with Crippen molar-refractivity contribution >= 4 is 28.8 Å². The maximum Gasteiger partial charge on any atom is 0.279 e. The molecule has 0 spiro atoms. The van der Waals surface area contributed by atoms with Gasteiger partial charge in [-0.1, -0.05) is 0 Å². The molecule has 0 saturated heterocycles. The molecule has 1 unspecified atom stereocenters. The molecule has 0 aliphatic carbocycles. The summed E-state index contributed by atoms with van der Waals surface area (Å²) in [6.45, 7) is 3.82. The number of carbonyl (C=O) groups excluding carboxylic acids is 2. The van der Waals surface area contributed by atoms with Crippen molar-refractivity contribution in [1.29, 1.82) is 0 Å². The smallest absolute Gasteiger partial charge is 0.279 e. The lowest BCUT2D eigenvalue weighted by atomic mass is 10.3. The Morgan fingerprint density at radius 3 is 2.50 bits per heavy atom. The fraction of sp³-hybridized carbons (Fsp3) is 0.368. The van der Waals surface area contributed by atoms with Crippen LogP contribution in [0.15, 0.2) is 41.1 Å². The van der Waals surface area contributed by atoms with E-state index in [1.165, 1.54) is 0 Å². The number of quaternary nitrogens is 1. The molecule has 1 atom stereocenters. The second-order valence-electron chi connectivity index (χ2n) is 6.12. The van der Waals surface area contributed by atoms with E-state index < -0.39 is 0 Å². The van der Waals surface area contributed by atoms with Gasteiger partial charge in [-0.2, -0.15) is 11.3 Å². The number of thiophene rings is 1. The number of hydrogen-bond acceptors (Lipinski definition) is 4. The average molecular weight is 377 g/mol. The molecule has 6 nitrogen and oxygen atoms in total. The lowest BCUT2D eigenvalue weighted by molar-refractivity contribution is -0.882. The molecule has 0 saturated carbocycles. The quantitative estimate of drug-likeness (QED) is 0.693. The van der Waals surface area contributed by atoms with Crippen LogP contribution in [-0.2, 0) is 16.1 Å². The zero-order valence-electron chi connectivity index (χ0n) is 15.5. The number of benzene rings is 1. The van der Waals surface area contributed by atoms with Crippen LogP contribution in [0.1, 0.15) is 12.5 Å². The molecule has 0 aliphatic rings. The van der Waals surface area contributed by atoms with E-state index in [0.29, 0.717) is 25.3 Å². The van der Waals surface area contributed by atoms with Crippen molar-refractivity contribution in [3.63, 3.8) is 0 Å². The summed E-state index contributed by atoms with van der Waals surface area (Å²) < 4.78 is 5.10. The number of nitrogens with zero attached hydrogens (tertiary/aromatic N) is 1. The summed E-state index contributed by atoms with van der Waals surface area (Å²) in [5, 5.41) is 6.90. The molecule has 140 valence electrons. The van der Waals surface area contributed by atoms with Gasteiger partial charge in [-0.15, -0.1) is 0 Å². The highest BCUT2D eigenvalue weighted by Crippen LogP contribution is 2.14. The second kappa shape index (κ2) is 9.94. The standard InChI is InChI=1S/C19H25N3O3S/c1-4-22(13-19(24)21(2)11-15-9-10-26-14-15)12-18(23)20-16-5-7-17(25-3)8-6-16/h5-10,14H,4,11-13H2,1-3H3,(H,20,23)/p+1. The molecule has 1 aromatic heterocycles. The Hall–Kier alpha value is -2.38. The summed E-state index contributed by atoms with van der Waals surface area (Å²) in [7, 11) is 3.40. The topological polar surface area (TPSA) is 63.1 Å². The van der Waals surface area contributed by atoms with Crippen LogP contribution in [0.4, 0.5) is 5.69 Å². The molecule has 1 heterocycles. The van der Waals surface area contributed by atoms with E-state index in [0.717, 1.165) is 16.2 Å². The van der Waals surface area contributed by atoms with Gasteiger partial charge in [0.25, 0.3) is 11.8 Å². The van der Waals surface area contributed by atoms with E-state index in [2.05, 4.69) is 5.32 Å². The summed E-state index contributed by atoms with van der Waals surface area (Å²) in [4.78, 5) is 27.3. The summed E-state index contributed by atoms with van der Waals surface area (Å²) in [5.41, 5.74) is 1.84. The molecular formula is C19H26N3O3S+. The zero-order chi connectivity index (χ0) is 18.9. The first-order chi connectivity index (χ1) is 12.5. The van der Waals surface area contributed by atoms with E-state index in [1.54, 1.807) is 54.7 Å². The van der Waals surface area contributed by atoms with E-state index >= 15 is 0 Å². The summed E-state index contributed by atoms with van der Waals surface area (Å²) >= 11 is 1.62. The van der Waals surface area contributed by atoms with Gasteiger partial charge in [0, 0.05) is 19.3 Å². The molecule has 2 rings (SSSR count). The number of methoxy groups -OCH3 is 1. The normalized spacial score (nSPS) is 11.7. The summed E-state index contributed by atoms with van der Waals surface area (Å²) in [6, 6.07) is 9.19. The van der Waals surface area contributed by atoms with E-state index in [-0.39, 0.29) is 18.4 Å². The van der Waals surface area contributed by atoms with Crippen molar-refractivity contribution in [2.45, 2.75) is 13.5 Å². The van der Waals surface area contributed by atoms with Gasteiger partial charge < -0.3 is 19.9 Å². The van der Waals surface area contributed by atoms with Gasteiger partial charge in [0.1, 0.15) is 5.75 Å². The first-order valence-electron chi connectivity index (χ1n) is 8.54. The van der Waals surface area contributed by atoms with Gasteiger partial charge in [-0.05, 0) is 53.6 Å². The third-order valence-electron chi connectivity index (χ3n) is 4.11. The Labute approximate surface area is 158 Å². The van der Waals surface area contributed by atoms with E-state index in [9.17, 15) is 9.59 Å². The van der Waals surface area contributed by atoms with Crippen LogP contribution in [0, 0.1) is 0 Å². The fourth-order valence-electron chi connectivity index (χ4n) is 2.51. The van der Waals surface area contributed by atoms with Crippen LogP contribution >= 0.6 is 11.3 Å². The van der Waals surface area contributed by atoms with Gasteiger partial charge >= 0.3 is 0 Å². The average Bonchev–Trinajstić information content (AvgIpc) is 3.14. The Morgan fingerprint density at radius 2 is 1.92 bits per heavy atom. The summed E-state index contributed by atoms with van der Waals surface area (Å²) in [6.07, 6.45) is 0. The predicted octanol–water partition coefficient (Wildman–Crippen LogP) is 1.26. The number of ether oxygens (including phenoxy) is 1. The highest BCUT2D eigenvalue weighted by Gasteiger charge is 2.19. The lowest BCUT2D eigenvalue weighted by Crippen LogP contribution is -3.13. The van der Waals surface area contributed by atoms with Crippen LogP contribution in [-0.4, -0.2) is 50.5 Å². The molecule has 0 bridgehead atoms. The van der Waals surface area contributed by atoms with Gasteiger partial charge in [-0.25, -0.2) is 0 Å². The molecular weight excluding hydrogens is 350 g/mol. The molecule has 0 fully saturated rings. The maximum absolute atomic E-state index is 12.4. The molecule has 2 N–H and O–H groups in total. The van der Waals surface area contributed by atoms with Crippen LogP contribution in [0.25, 0.3) is 0 Å². The Kier molecular flexibility index (Phi) is 7.62. The monoisotopic (exact) mass is 376 g/mol. The van der Waals surface area contributed by atoms with Crippen molar-refractivity contribution in [2.24, 2.45) is 0 Å². The Bertz CT molecular complexity index is 701. The first kappa shape index (κ1) is 19.9. The number of nitrogens with one attached hydrogen (secondary N) is 2. The van der Waals surface area contributed by atoms with Gasteiger partial charge in [0.2, 0.25) is 0 Å². The van der Waals surface area contributed by atoms with Crippen LogP contribution in [0.2, 0.25) is 0 Å². The number of carbonyl (C=O) groups is 2. The van der Waals surface area contributed by atoms with Crippen LogP contribution in [0.3, 0.4) is 0 Å². The molecule has 2 amide bonds. The highest BCUT2D eigenvalue weighted by atomic mass is 32.1. The fourth-order valence-corrected chi connectivity index (χ4v) is 3.17. The van der Waals surface area contributed by atoms with Crippen LogP contribution in [0.5, 0.6) is 5.75 Å². The zero-order valence-corrected chi connectivity index (χ0v) is 16.3. The predicted molar refractivity (Wildman–Crippen MR) is 104 cm³/mol. The third-order valence-corrected chi connectivity index (χ3v) is 4.84. The van der Waals surface area contributed by atoms with Gasteiger partial charge in [-0.3, -0.25) is 9.59 Å². The SMILES string of the molecule is CC[NH+](CC(=O)Nc1ccc(OC)cc1)CC(=O)N(C)Cc1ccsc1. The number of amides is 2. The van der Waals surface area contributed by atoms with Crippen molar-refractivity contribution in [2.75, 3.05) is 39.1 Å². The third kappa shape index (κ3) is 6.16. The van der Waals surface area contributed by atoms with Gasteiger partial charge in [0.05, 0.1) is 13.7 Å². The molecule has 0 radical (unpaired) electrons. The Balaban J connectivity index is 1.82.